The lowest BCUT2D eigenvalue weighted by Crippen LogP contribution is -2.45. The molecule has 2 aliphatic heterocycles. The molecular weight excluding hydrogens is 453 g/mol. The summed E-state index contributed by atoms with van der Waals surface area (Å²) in [5.74, 6) is -2.00. The number of hydroxylamine groups is 2. The number of carbonyl (C=O) groups is 2. The number of nitrogens with one attached hydrogen (secondary N) is 1. The highest BCUT2D eigenvalue weighted by molar-refractivity contribution is 5.94. The van der Waals surface area contributed by atoms with Crippen molar-refractivity contribution in [3.8, 4) is 0 Å². The summed E-state index contributed by atoms with van der Waals surface area (Å²) in [7, 11) is 1.35. The van der Waals surface area contributed by atoms with Crippen LogP contribution in [0.1, 0.15) is 34.2 Å². The summed E-state index contributed by atoms with van der Waals surface area (Å²) in [6, 6.07) is 1.05. The minimum absolute atomic E-state index is 0.00525. The first-order chi connectivity index (χ1) is 15.5. The van der Waals surface area contributed by atoms with E-state index in [-0.39, 0.29) is 30.9 Å². The maximum Gasteiger partial charge on any atom is 0.419 e. The number of fused-ring (bicyclic) bond motifs is 3. The number of alkyl halides is 4. The summed E-state index contributed by atoms with van der Waals surface area (Å²) in [4.78, 5) is 32.3. The molecule has 0 unspecified atom stereocenters. The normalized spacial score (nSPS) is 20.9. The van der Waals surface area contributed by atoms with E-state index in [1.807, 2.05) is 0 Å². The molecule has 2 aromatic rings. The molecule has 0 bridgehead atoms. The molecule has 33 heavy (non-hydrogen) atoms. The third kappa shape index (κ3) is 4.24. The molecule has 1 N–H and O–H groups in total. The van der Waals surface area contributed by atoms with Gasteiger partial charge in [0.1, 0.15) is 24.3 Å². The van der Waals surface area contributed by atoms with Crippen molar-refractivity contribution in [1.29, 1.82) is 0 Å². The molecule has 13 heteroatoms. The lowest BCUT2D eigenvalue weighted by Gasteiger charge is -2.33. The molecule has 3 heterocycles. The van der Waals surface area contributed by atoms with Gasteiger partial charge in [0.05, 0.1) is 24.3 Å². The summed E-state index contributed by atoms with van der Waals surface area (Å²) >= 11 is 0. The molecule has 8 nitrogen and oxygen atoms in total. The summed E-state index contributed by atoms with van der Waals surface area (Å²) in [6.07, 6.45) is -5.54. The van der Waals surface area contributed by atoms with Gasteiger partial charge in [0.25, 0.3) is 5.91 Å². The van der Waals surface area contributed by atoms with Gasteiger partial charge in [0.15, 0.2) is 0 Å². The largest absolute Gasteiger partial charge is 0.419 e. The highest BCUT2D eigenvalue weighted by atomic mass is 19.4. The SMILES string of the molecule is C[C@@H]1Cc2nn3c(c2CN1C(=O)Nc1ccc(F)c(C(F)(F)F)c1)C(=O)N(C)O[C@H](CF)C3. The molecule has 178 valence electrons. The number of amides is 3. The van der Waals surface area contributed by atoms with Crippen molar-refractivity contribution in [2.24, 2.45) is 0 Å². The molecule has 0 spiro atoms. The van der Waals surface area contributed by atoms with Crippen LogP contribution in [0.4, 0.5) is 32.4 Å². The maximum absolute atomic E-state index is 13.5. The number of aromatic nitrogens is 2. The van der Waals surface area contributed by atoms with Crippen molar-refractivity contribution in [3.63, 3.8) is 0 Å². The fourth-order valence-corrected chi connectivity index (χ4v) is 3.98. The number of benzene rings is 1. The van der Waals surface area contributed by atoms with Crippen LogP contribution < -0.4 is 5.32 Å². The number of carbonyl (C=O) groups excluding carboxylic acids is 2. The number of urea groups is 1. The minimum atomic E-state index is -4.92. The van der Waals surface area contributed by atoms with Crippen molar-refractivity contribution < 1.29 is 36.4 Å². The van der Waals surface area contributed by atoms with Gasteiger partial charge in [0.2, 0.25) is 0 Å². The fraction of sp³-hybridized carbons (Fsp3) is 0.450. The lowest BCUT2D eigenvalue weighted by atomic mass is 9.99. The smallest absolute Gasteiger partial charge is 0.317 e. The average Bonchev–Trinajstić information content (AvgIpc) is 3.02. The van der Waals surface area contributed by atoms with Gasteiger partial charge in [-0.25, -0.2) is 18.6 Å². The Balaban J connectivity index is 1.60. The standard InChI is InChI=1S/C20H20F5N5O3/c1-10-5-16-13(17-18(31)28(2)33-12(7-21)8-30(17)27-16)9-29(10)19(32)26-11-3-4-15(22)14(6-11)20(23,24)25/h3-4,6,10,12H,5,7-9H2,1-2H3,(H,26,32)/t10-,12-/m1/s1. The van der Waals surface area contributed by atoms with Crippen LogP contribution in [0.2, 0.25) is 0 Å². The summed E-state index contributed by atoms with van der Waals surface area (Å²) in [5.41, 5.74) is -0.528. The van der Waals surface area contributed by atoms with Crippen LogP contribution in [0.15, 0.2) is 18.2 Å². The van der Waals surface area contributed by atoms with Crippen molar-refractivity contribution in [3.05, 3.63) is 46.5 Å². The van der Waals surface area contributed by atoms with Gasteiger partial charge >= 0.3 is 12.2 Å². The second-order valence-corrected chi connectivity index (χ2v) is 7.94. The van der Waals surface area contributed by atoms with Gasteiger partial charge in [-0.3, -0.25) is 14.3 Å². The van der Waals surface area contributed by atoms with E-state index in [0.717, 1.165) is 11.1 Å². The molecule has 1 aromatic heterocycles. The van der Waals surface area contributed by atoms with Crippen LogP contribution in [0.5, 0.6) is 0 Å². The van der Waals surface area contributed by atoms with E-state index in [4.69, 9.17) is 4.84 Å². The second-order valence-electron chi connectivity index (χ2n) is 7.94. The predicted octanol–water partition coefficient (Wildman–Crippen LogP) is 3.38. The lowest BCUT2D eigenvalue weighted by molar-refractivity contribution is -0.152. The van der Waals surface area contributed by atoms with E-state index in [1.165, 1.54) is 16.6 Å². The van der Waals surface area contributed by atoms with E-state index >= 15 is 0 Å². The maximum atomic E-state index is 13.5. The molecule has 0 saturated heterocycles. The third-order valence-electron chi connectivity index (χ3n) is 5.61. The second kappa shape index (κ2) is 8.28. The quantitative estimate of drug-likeness (QED) is 0.679. The Kier molecular flexibility index (Phi) is 5.76. The molecule has 0 radical (unpaired) electrons. The van der Waals surface area contributed by atoms with Crippen molar-refractivity contribution in [2.75, 3.05) is 19.0 Å². The number of anilines is 1. The summed E-state index contributed by atoms with van der Waals surface area (Å²) < 4.78 is 67.1. The summed E-state index contributed by atoms with van der Waals surface area (Å²) in [6.45, 7) is 0.848. The monoisotopic (exact) mass is 473 g/mol. The van der Waals surface area contributed by atoms with Crippen LogP contribution in [0.25, 0.3) is 0 Å². The van der Waals surface area contributed by atoms with E-state index in [9.17, 15) is 31.5 Å². The number of rotatable bonds is 2. The highest BCUT2D eigenvalue weighted by Gasteiger charge is 2.38. The molecule has 0 fully saturated rings. The van der Waals surface area contributed by atoms with E-state index in [1.54, 1.807) is 6.92 Å². The zero-order valence-electron chi connectivity index (χ0n) is 17.6. The van der Waals surface area contributed by atoms with Gasteiger partial charge in [0, 0.05) is 30.8 Å². The van der Waals surface area contributed by atoms with E-state index in [0.29, 0.717) is 23.4 Å². The fourth-order valence-electron chi connectivity index (χ4n) is 3.98. The van der Waals surface area contributed by atoms with Crippen molar-refractivity contribution in [2.45, 2.75) is 44.8 Å². The zero-order valence-corrected chi connectivity index (χ0v) is 17.6. The van der Waals surface area contributed by atoms with Crippen LogP contribution in [0.3, 0.4) is 0 Å². The third-order valence-corrected chi connectivity index (χ3v) is 5.61. The van der Waals surface area contributed by atoms with Crippen LogP contribution >= 0.6 is 0 Å². The van der Waals surface area contributed by atoms with E-state index in [2.05, 4.69) is 10.4 Å². The van der Waals surface area contributed by atoms with Gasteiger partial charge in [-0.15, -0.1) is 0 Å². The van der Waals surface area contributed by atoms with Gasteiger partial charge in [-0.2, -0.15) is 18.3 Å². The van der Waals surface area contributed by atoms with Gasteiger partial charge in [-0.1, -0.05) is 0 Å². The Bertz CT molecular complexity index is 1100. The Morgan fingerprint density at radius 3 is 2.73 bits per heavy atom. The Hall–Kier alpha value is -3.22. The average molecular weight is 473 g/mol. The first-order valence-electron chi connectivity index (χ1n) is 10.0. The van der Waals surface area contributed by atoms with Crippen LogP contribution in [0, 0.1) is 5.82 Å². The molecule has 4 rings (SSSR count). The van der Waals surface area contributed by atoms with Crippen LogP contribution in [-0.4, -0.2) is 57.5 Å². The Labute approximate surface area is 184 Å². The van der Waals surface area contributed by atoms with Crippen molar-refractivity contribution in [1.82, 2.24) is 19.7 Å². The number of nitrogens with zero attached hydrogens (tertiary/aromatic N) is 4. The Morgan fingerprint density at radius 2 is 2.06 bits per heavy atom. The molecular formula is C20H20F5N5O3. The molecule has 0 saturated carbocycles. The Morgan fingerprint density at radius 1 is 1.33 bits per heavy atom. The zero-order chi connectivity index (χ0) is 24.1. The topological polar surface area (TPSA) is 79.7 Å². The number of hydrogen-bond acceptors (Lipinski definition) is 4. The van der Waals surface area contributed by atoms with Gasteiger partial charge < -0.3 is 10.2 Å². The first kappa shape index (κ1) is 23.0. The number of halogens is 5. The minimum Gasteiger partial charge on any atom is -0.317 e. The number of hydrogen-bond donors (Lipinski definition) is 1. The first-order valence-corrected chi connectivity index (χ1v) is 10.0. The highest BCUT2D eigenvalue weighted by Crippen LogP contribution is 2.34. The van der Waals surface area contributed by atoms with E-state index < -0.39 is 48.3 Å². The van der Waals surface area contributed by atoms with Crippen LogP contribution in [-0.2, 0) is 30.5 Å². The predicted molar refractivity (Wildman–Crippen MR) is 104 cm³/mol. The molecule has 2 atom stereocenters. The van der Waals surface area contributed by atoms with Crippen molar-refractivity contribution >= 4 is 17.6 Å². The molecule has 3 amide bonds. The summed E-state index contributed by atoms with van der Waals surface area (Å²) in [5, 5.41) is 7.69. The van der Waals surface area contributed by atoms with Gasteiger partial charge in [-0.05, 0) is 25.1 Å². The molecule has 0 aliphatic carbocycles. The molecule has 1 aromatic carbocycles. The molecule has 2 aliphatic rings.